The third-order valence-electron chi connectivity index (χ3n) is 2.75. The van der Waals surface area contributed by atoms with Gasteiger partial charge in [-0.05, 0) is 6.42 Å². The van der Waals surface area contributed by atoms with Crippen LogP contribution in [-0.2, 0) is 4.79 Å². The summed E-state index contributed by atoms with van der Waals surface area (Å²) in [6.07, 6.45) is 7.83. The summed E-state index contributed by atoms with van der Waals surface area (Å²) < 4.78 is 0. The van der Waals surface area contributed by atoms with E-state index in [9.17, 15) is 9.90 Å². The fourth-order valence-electron chi connectivity index (χ4n) is 1.70. The number of hydrogen-bond acceptors (Lipinski definition) is 3. The predicted molar refractivity (Wildman–Crippen MR) is 64.9 cm³/mol. The lowest BCUT2D eigenvalue weighted by atomic mass is 9.97. The molecule has 0 aliphatic heterocycles. The molecule has 2 atom stereocenters. The molecule has 0 aromatic carbocycles. The SMILES string of the molecule is CCCCCCCCC(C(=O)[O-])C(C)S. The van der Waals surface area contributed by atoms with Crippen LogP contribution in [0, 0.1) is 5.92 Å². The van der Waals surface area contributed by atoms with Gasteiger partial charge in [0.1, 0.15) is 0 Å². The summed E-state index contributed by atoms with van der Waals surface area (Å²) in [6, 6.07) is 0. The Kier molecular flexibility index (Phi) is 8.97. The van der Waals surface area contributed by atoms with Crippen LogP contribution in [0.4, 0.5) is 0 Å². The molecule has 0 heterocycles. The largest absolute Gasteiger partial charge is 0.550 e. The maximum atomic E-state index is 10.7. The average Bonchev–Trinajstić information content (AvgIpc) is 2.15. The minimum atomic E-state index is -0.953. The van der Waals surface area contributed by atoms with Crippen LogP contribution >= 0.6 is 12.6 Å². The second kappa shape index (κ2) is 9.08. The Bertz CT molecular complexity index is 169. The summed E-state index contributed by atoms with van der Waals surface area (Å²) in [5.74, 6) is -1.34. The van der Waals surface area contributed by atoms with E-state index in [4.69, 9.17) is 0 Å². The van der Waals surface area contributed by atoms with Crippen molar-refractivity contribution in [1.29, 1.82) is 0 Å². The molecule has 0 saturated heterocycles. The minimum Gasteiger partial charge on any atom is -0.550 e. The molecule has 0 N–H and O–H groups in total. The molecule has 0 aliphatic carbocycles. The number of carboxylic acid groups (broad SMARTS) is 1. The lowest BCUT2D eigenvalue weighted by molar-refractivity contribution is -0.311. The van der Waals surface area contributed by atoms with Crippen molar-refractivity contribution in [1.82, 2.24) is 0 Å². The van der Waals surface area contributed by atoms with E-state index >= 15 is 0 Å². The lowest BCUT2D eigenvalue weighted by Gasteiger charge is -2.20. The highest BCUT2D eigenvalue weighted by atomic mass is 32.1. The van der Waals surface area contributed by atoms with Gasteiger partial charge in [-0.3, -0.25) is 0 Å². The Labute approximate surface area is 98.9 Å². The summed E-state index contributed by atoms with van der Waals surface area (Å²) in [6.45, 7) is 4.01. The highest BCUT2D eigenvalue weighted by molar-refractivity contribution is 7.81. The zero-order valence-corrected chi connectivity index (χ0v) is 10.8. The summed E-state index contributed by atoms with van der Waals surface area (Å²) in [7, 11) is 0. The molecule has 0 rings (SSSR count). The van der Waals surface area contributed by atoms with Crippen molar-refractivity contribution in [3.8, 4) is 0 Å². The molecule has 0 spiro atoms. The Morgan fingerprint density at radius 3 is 2.20 bits per heavy atom. The van der Waals surface area contributed by atoms with Crippen molar-refractivity contribution in [2.45, 2.75) is 64.0 Å². The highest BCUT2D eigenvalue weighted by Gasteiger charge is 2.14. The molecule has 0 aromatic heterocycles. The van der Waals surface area contributed by atoms with Gasteiger partial charge in [-0.15, -0.1) is 0 Å². The molecule has 3 heteroatoms. The van der Waals surface area contributed by atoms with Crippen molar-refractivity contribution in [2.75, 3.05) is 0 Å². The van der Waals surface area contributed by atoms with E-state index in [0.29, 0.717) is 6.42 Å². The molecular formula is C12H23O2S-. The molecule has 0 amide bonds. The summed E-state index contributed by atoms with van der Waals surface area (Å²) in [5.41, 5.74) is 0. The molecule has 0 bridgehead atoms. The Morgan fingerprint density at radius 1 is 1.20 bits per heavy atom. The van der Waals surface area contributed by atoms with Gasteiger partial charge < -0.3 is 9.90 Å². The number of unbranched alkanes of at least 4 members (excludes halogenated alkanes) is 5. The molecule has 15 heavy (non-hydrogen) atoms. The van der Waals surface area contributed by atoms with E-state index in [1.807, 2.05) is 6.92 Å². The Hall–Kier alpha value is -0.180. The Morgan fingerprint density at radius 2 is 1.73 bits per heavy atom. The van der Waals surface area contributed by atoms with Crippen molar-refractivity contribution in [2.24, 2.45) is 5.92 Å². The topological polar surface area (TPSA) is 40.1 Å². The first kappa shape index (κ1) is 14.8. The van der Waals surface area contributed by atoms with E-state index in [0.717, 1.165) is 12.8 Å². The van der Waals surface area contributed by atoms with Gasteiger partial charge in [0, 0.05) is 17.1 Å². The van der Waals surface area contributed by atoms with E-state index < -0.39 is 5.97 Å². The average molecular weight is 231 g/mol. The van der Waals surface area contributed by atoms with Gasteiger partial charge in [0.2, 0.25) is 0 Å². The maximum Gasteiger partial charge on any atom is 0.0456 e. The van der Waals surface area contributed by atoms with Crippen LogP contribution in [-0.4, -0.2) is 11.2 Å². The molecule has 0 fully saturated rings. The van der Waals surface area contributed by atoms with E-state index in [2.05, 4.69) is 19.6 Å². The molecule has 0 aromatic rings. The number of carboxylic acids is 1. The first-order valence-electron chi connectivity index (χ1n) is 5.98. The quantitative estimate of drug-likeness (QED) is 0.489. The summed E-state index contributed by atoms with van der Waals surface area (Å²) >= 11 is 4.17. The third kappa shape index (κ3) is 7.71. The zero-order chi connectivity index (χ0) is 11.7. The molecule has 2 nitrogen and oxygen atoms in total. The fraction of sp³-hybridized carbons (Fsp3) is 0.917. The van der Waals surface area contributed by atoms with Crippen LogP contribution in [0.2, 0.25) is 0 Å². The fourth-order valence-corrected chi connectivity index (χ4v) is 1.97. The monoisotopic (exact) mass is 231 g/mol. The normalized spacial score (nSPS) is 14.9. The number of rotatable bonds is 9. The maximum absolute atomic E-state index is 10.7. The number of aliphatic carboxylic acids is 1. The molecule has 90 valence electrons. The standard InChI is InChI=1S/C12H24O2S/c1-3-4-5-6-7-8-9-11(10(2)15)12(13)14/h10-11,15H,3-9H2,1-2H3,(H,13,14)/p-1. The van der Waals surface area contributed by atoms with Gasteiger partial charge in [0.25, 0.3) is 0 Å². The smallest absolute Gasteiger partial charge is 0.0456 e. The molecular weight excluding hydrogens is 208 g/mol. The van der Waals surface area contributed by atoms with Gasteiger partial charge in [-0.2, -0.15) is 12.6 Å². The summed E-state index contributed by atoms with van der Waals surface area (Å²) in [4.78, 5) is 10.7. The first-order chi connectivity index (χ1) is 7.09. The molecule has 0 aliphatic rings. The first-order valence-corrected chi connectivity index (χ1v) is 6.50. The second-order valence-electron chi connectivity index (χ2n) is 4.22. The minimum absolute atomic E-state index is 0.106. The van der Waals surface area contributed by atoms with Crippen LogP contribution in [0.1, 0.15) is 58.8 Å². The van der Waals surface area contributed by atoms with Crippen LogP contribution in [0.25, 0.3) is 0 Å². The van der Waals surface area contributed by atoms with Gasteiger partial charge in [-0.1, -0.05) is 52.4 Å². The molecule has 2 unspecified atom stereocenters. The van der Waals surface area contributed by atoms with Gasteiger partial charge in [-0.25, -0.2) is 0 Å². The van der Waals surface area contributed by atoms with Crippen molar-refractivity contribution < 1.29 is 9.90 Å². The van der Waals surface area contributed by atoms with Gasteiger partial charge >= 0.3 is 0 Å². The zero-order valence-electron chi connectivity index (χ0n) is 9.87. The highest BCUT2D eigenvalue weighted by Crippen LogP contribution is 2.18. The number of carbonyl (C=O) groups excluding carboxylic acids is 1. The second-order valence-corrected chi connectivity index (χ2v) is 5.04. The number of thiol groups is 1. The lowest BCUT2D eigenvalue weighted by Crippen LogP contribution is -2.35. The van der Waals surface area contributed by atoms with Crippen LogP contribution in [0.3, 0.4) is 0 Å². The van der Waals surface area contributed by atoms with Crippen molar-refractivity contribution in [3.63, 3.8) is 0 Å². The number of carbonyl (C=O) groups is 1. The van der Waals surface area contributed by atoms with Crippen LogP contribution in [0.5, 0.6) is 0 Å². The summed E-state index contributed by atoms with van der Waals surface area (Å²) in [5, 5.41) is 10.6. The van der Waals surface area contributed by atoms with Crippen molar-refractivity contribution in [3.05, 3.63) is 0 Å². The molecule has 0 radical (unpaired) electrons. The third-order valence-corrected chi connectivity index (χ3v) is 3.11. The Balaban J connectivity index is 3.50. The van der Waals surface area contributed by atoms with Crippen LogP contribution in [0.15, 0.2) is 0 Å². The van der Waals surface area contributed by atoms with Crippen molar-refractivity contribution >= 4 is 18.6 Å². The van der Waals surface area contributed by atoms with Gasteiger partial charge in [0.15, 0.2) is 0 Å². The van der Waals surface area contributed by atoms with E-state index in [1.54, 1.807) is 0 Å². The van der Waals surface area contributed by atoms with Crippen LogP contribution < -0.4 is 5.11 Å². The van der Waals surface area contributed by atoms with E-state index in [-0.39, 0.29) is 11.2 Å². The predicted octanol–water partition coefficient (Wildman–Crippen LogP) is 2.42. The molecule has 0 saturated carbocycles. The van der Waals surface area contributed by atoms with Gasteiger partial charge in [0.05, 0.1) is 0 Å². The van der Waals surface area contributed by atoms with E-state index in [1.165, 1.54) is 25.7 Å². The number of hydrogen-bond donors (Lipinski definition) is 1.